The Morgan fingerprint density at radius 1 is 1.56 bits per heavy atom. The molecule has 1 aromatic carbocycles. The molecule has 0 aromatic heterocycles. The summed E-state index contributed by atoms with van der Waals surface area (Å²) in [6.45, 7) is 0.307. The van der Waals surface area contributed by atoms with Crippen molar-refractivity contribution in [3.05, 3.63) is 28.1 Å². The molecule has 8 heteroatoms. The molecule has 1 aromatic rings. The van der Waals surface area contributed by atoms with Gasteiger partial charge < -0.3 is 10.1 Å². The van der Waals surface area contributed by atoms with E-state index in [0.29, 0.717) is 12.3 Å². The van der Waals surface area contributed by atoms with Crippen LogP contribution >= 0.6 is 0 Å². The van der Waals surface area contributed by atoms with Crippen LogP contribution in [0.4, 0.5) is 15.8 Å². The van der Waals surface area contributed by atoms with E-state index in [1.54, 1.807) is 0 Å². The van der Waals surface area contributed by atoms with E-state index in [2.05, 4.69) is 5.32 Å². The molecule has 0 heterocycles. The number of nitro groups is 1. The van der Waals surface area contributed by atoms with Crippen LogP contribution in [0.25, 0.3) is 0 Å². The van der Waals surface area contributed by atoms with Gasteiger partial charge in [0.15, 0.2) is 11.6 Å². The summed E-state index contributed by atoms with van der Waals surface area (Å²) in [6, 6.07) is 2.01. The first-order valence-corrected chi connectivity index (χ1v) is 6.74. The van der Waals surface area contributed by atoms with Crippen LogP contribution in [0.2, 0.25) is 0 Å². The van der Waals surface area contributed by atoms with E-state index in [9.17, 15) is 18.7 Å². The van der Waals surface area contributed by atoms with Crippen molar-refractivity contribution in [2.24, 2.45) is 0 Å². The summed E-state index contributed by atoms with van der Waals surface area (Å²) in [5.74, 6) is -0.412. The van der Waals surface area contributed by atoms with E-state index in [-0.39, 0.29) is 11.4 Å². The maximum absolute atomic E-state index is 13.6. The first kappa shape index (κ1) is 14.4. The highest BCUT2D eigenvalue weighted by Crippen LogP contribution is 2.32. The van der Waals surface area contributed by atoms with E-state index in [0.717, 1.165) is 6.07 Å². The van der Waals surface area contributed by atoms with Crippen LogP contribution in [0.1, 0.15) is 0 Å². The lowest BCUT2D eigenvalue weighted by Gasteiger charge is -2.09. The Balaban J connectivity index is 2.93. The molecule has 0 spiro atoms. The number of hydrogen-bond acceptors (Lipinski definition) is 5. The Bertz CT molecular complexity index is 481. The van der Waals surface area contributed by atoms with Crippen molar-refractivity contribution in [3.8, 4) is 5.75 Å². The third-order valence-electron chi connectivity index (χ3n) is 2.17. The SMILES string of the molecule is COc1cc(NCCS(C)=O)c(F)cc1[N+](=O)[O-]. The Labute approximate surface area is 106 Å². The fraction of sp³-hybridized carbons (Fsp3) is 0.400. The van der Waals surface area contributed by atoms with Gasteiger partial charge in [0, 0.05) is 35.4 Å². The minimum atomic E-state index is -0.989. The van der Waals surface area contributed by atoms with Crippen LogP contribution in [-0.2, 0) is 10.8 Å². The number of rotatable bonds is 6. The maximum Gasteiger partial charge on any atom is 0.313 e. The van der Waals surface area contributed by atoms with Gasteiger partial charge >= 0.3 is 5.69 Å². The number of benzene rings is 1. The predicted molar refractivity (Wildman–Crippen MR) is 67.0 cm³/mol. The number of ether oxygens (including phenoxy) is 1. The number of anilines is 1. The average molecular weight is 276 g/mol. The van der Waals surface area contributed by atoms with Gasteiger partial charge in [-0.05, 0) is 0 Å². The molecule has 1 atom stereocenters. The summed E-state index contributed by atoms with van der Waals surface area (Å²) in [6.07, 6.45) is 1.54. The van der Waals surface area contributed by atoms with Crippen molar-refractivity contribution in [1.82, 2.24) is 0 Å². The predicted octanol–water partition coefficient (Wildman–Crippen LogP) is 1.53. The summed E-state index contributed by atoms with van der Waals surface area (Å²) in [4.78, 5) is 9.93. The van der Waals surface area contributed by atoms with Crippen LogP contribution in [0.3, 0.4) is 0 Å². The van der Waals surface area contributed by atoms with E-state index in [1.807, 2.05) is 0 Å². The van der Waals surface area contributed by atoms with Gasteiger partial charge in [0.25, 0.3) is 0 Å². The fourth-order valence-corrected chi connectivity index (χ4v) is 1.70. The fourth-order valence-electron chi connectivity index (χ4n) is 1.31. The smallest absolute Gasteiger partial charge is 0.313 e. The molecule has 18 heavy (non-hydrogen) atoms. The van der Waals surface area contributed by atoms with Crippen molar-refractivity contribution < 1.29 is 18.3 Å². The minimum absolute atomic E-state index is 0.0264. The molecule has 0 bridgehead atoms. The van der Waals surface area contributed by atoms with Crippen LogP contribution < -0.4 is 10.1 Å². The molecule has 100 valence electrons. The van der Waals surface area contributed by atoms with E-state index >= 15 is 0 Å². The highest BCUT2D eigenvalue weighted by Gasteiger charge is 2.18. The van der Waals surface area contributed by atoms with E-state index in [4.69, 9.17) is 4.74 Å². The number of hydrogen-bond donors (Lipinski definition) is 1. The van der Waals surface area contributed by atoms with Gasteiger partial charge in [0.2, 0.25) is 0 Å². The number of nitrogens with zero attached hydrogens (tertiary/aromatic N) is 1. The summed E-state index contributed by atoms with van der Waals surface area (Å²) in [5, 5.41) is 13.4. The van der Waals surface area contributed by atoms with Crippen LogP contribution in [0, 0.1) is 15.9 Å². The number of nitro benzene ring substituents is 1. The molecule has 0 fully saturated rings. The van der Waals surface area contributed by atoms with Crippen LogP contribution in [0.15, 0.2) is 12.1 Å². The first-order valence-electron chi connectivity index (χ1n) is 5.01. The molecule has 0 aliphatic heterocycles. The topological polar surface area (TPSA) is 81.5 Å². The summed E-state index contributed by atoms with van der Waals surface area (Å²) < 4.78 is 29.2. The molecule has 1 N–H and O–H groups in total. The van der Waals surface area contributed by atoms with Gasteiger partial charge in [-0.25, -0.2) is 4.39 Å². The number of nitrogens with one attached hydrogen (secondary N) is 1. The molecular formula is C10H13FN2O4S. The Kier molecular flexibility index (Phi) is 5.02. The number of halogens is 1. The summed E-state index contributed by atoms with van der Waals surface area (Å²) in [7, 11) is 0.280. The van der Waals surface area contributed by atoms with Crippen molar-refractivity contribution >= 4 is 22.2 Å². The van der Waals surface area contributed by atoms with Crippen molar-refractivity contribution in [2.45, 2.75) is 0 Å². The third-order valence-corrected chi connectivity index (χ3v) is 2.95. The molecule has 6 nitrogen and oxygen atoms in total. The van der Waals surface area contributed by atoms with Crippen LogP contribution in [-0.4, -0.2) is 34.8 Å². The highest BCUT2D eigenvalue weighted by atomic mass is 32.2. The molecule has 0 amide bonds. The molecular weight excluding hydrogens is 263 g/mol. The Morgan fingerprint density at radius 3 is 2.72 bits per heavy atom. The zero-order valence-corrected chi connectivity index (χ0v) is 10.8. The lowest BCUT2D eigenvalue weighted by atomic mass is 10.2. The molecule has 0 saturated heterocycles. The molecule has 0 saturated carbocycles. The molecule has 0 radical (unpaired) electrons. The van der Waals surface area contributed by atoms with Crippen molar-refractivity contribution in [3.63, 3.8) is 0 Å². The average Bonchev–Trinajstić information content (AvgIpc) is 2.30. The normalized spacial score (nSPS) is 11.9. The molecule has 0 aliphatic carbocycles. The van der Waals surface area contributed by atoms with Gasteiger partial charge in [-0.3, -0.25) is 14.3 Å². The monoisotopic (exact) mass is 276 g/mol. The lowest BCUT2D eigenvalue weighted by Crippen LogP contribution is -2.11. The quantitative estimate of drug-likeness (QED) is 0.629. The second kappa shape index (κ2) is 6.29. The largest absolute Gasteiger partial charge is 0.490 e. The van der Waals surface area contributed by atoms with Gasteiger partial charge in [0.05, 0.1) is 23.8 Å². The molecule has 1 unspecified atom stereocenters. The molecule has 1 rings (SSSR count). The Hall–Kier alpha value is -1.70. The van der Waals surface area contributed by atoms with E-state index < -0.39 is 27.2 Å². The van der Waals surface area contributed by atoms with Crippen molar-refractivity contribution in [1.29, 1.82) is 0 Å². The summed E-state index contributed by atoms with van der Waals surface area (Å²) >= 11 is 0. The van der Waals surface area contributed by atoms with Crippen molar-refractivity contribution in [2.75, 3.05) is 31.0 Å². The third kappa shape index (κ3) is 3.66. The first-order chi connectivity index (χ1) is 8.45. The van der Waals surface area contributed by atoms with Gasteiger partial charge in [-0.15, -0.1) is 0 Å². The lowest BCUT2D eigenvalue weighted by molar-refractivity contribution is -0.385. The van der Waals surface area contributed by atoms with E-state index in [1.165, 1.54) is 19.4 Å². The second-order valence-electron chi connectivity index (χ2n) is 3.47. The van der Waals surface area contributed by atoms with Gasteiger partial charge in [-0.2, -0.15) is 0 Å². The summed E-state index contributed by atoms with van der Waals surface area (Å²) in [5.41, 5.74) is -0.345. The van der Waals surface area contributed by atoms with Crippen LogP contribution in [0.5, 0.6) is 5.75 Å². The van der Waals surface area contributed by atoms with Gasteiger partial charge in [-0.1, -0.05) is 0 Å². The second-order valence-corrected chi connectivity index (χ2v) is 5.02. The van der Waals surface area contributed by atoms with Gasteiger partial charge in [0.1, 0.15) is 0 Å². The zero-order chi connectivity index (χ0) is 13.7. The Morgan fingerprint density at radius 2 is 2.22 bits per heavy atom. The molecule has 0 aliphatic rings. The standard InChI is InChI=1S/C10H13FN2O4S/c1-17-10-6-8(12-3-4-18(2)16)7(11)5-9(10)13(14)15/h5-6,12H,3-4H2,1-2H3. The highest BCUT2D eigenvalue weighted by molar-refractivity contribution is 7.84. The zero-order valence-electron chi connectivity index (χ0n) is 9.94. The number of methoxy groups -OCH3 is 1. The minimum Gasteiger partial charge on any atom is -0.490 e. The maximum atomic E-state index is 13.6.